The van der Waals surface area contributed by atoms with E-state index in [4.69, 9.17) is 12.2 Å². The fourth-order valence-corrected chi connectivity index (χ4v) is 1.32. The first-order valence-electron chi connectivity index (χ1n) is 4.39. The van der Waals surface area contributed by atoms with Crippen molar-refractivity contribution in [3.8, 4) is 12.3 Å². The zero-order valence-corrected chi connectivity index (χ0v) is 7.82. The van der Waals surface area contributed by atoms with E-state index in [0.29, 0.717) is 19.5 Å². The van der Waals surface area contributed by atoms with Gasteiger partial charge in [-0.15, -0.1) is 6.42 Å². The zero-order valence-electron chi connectivity index (χ0n) is 7.82. The Morgan fingerprint density at radius 2 is 2.36 bits per heavy atom. The molecule has 76 valence electrons. The Kier molecular flexibility index (Phi) is 3.48. The average molecular weight is 195 g/mol. The number of nitrogens with zero attached hydrogens (tertiary/aromatic N) is 1. The number of carbonyl (C=O) groups excluding carboxylic acids is 2. The van der Waals surface area contributed by atoms with Crippen LogP contribution < -0.4 is 11.1 Å². The Labute approximate surface area is 82.6 Å². The van der Waals surface area contributed by atoms with E-state index in [1.165, 1.54) is 4.90 Å². The molecule has 1 fully saturated rings. The SMILES string of the molecule is C#CCNCC(=O)N1CCC1C(N)=O. The van der Waals surface area contributed by atoms with E-state index < -0.39 is 11.9 Å². The summed E-state index contributed by atoms with van der Waals surface area (Å²) in [5.41, 5.74) is 5.10. The van der Waals surface area contributed by atoms with E-state index in [-0.39, 0.29) is 12.5 Å². The van der Waals surface area contributed by atoms with Crippen molar-refractivity contribution < 1.29 is 9.59 Å². The summed E-state index contributed by atoms with van der Waals surface area (Å²) in [7, 11) is 0. The minimum atomic E-state index is -0.443. The molecule has 0 aromatic rings. The molecule has 0 bridgehead atoms. The minimum Gasteiger partial charge on any atom is -0.368 e. The van der Waals surface area contributed by atoms with Crippen LogP contribution >= 0.6 is 0 Å². The number of likely N-dealkylation sites (tertiary alicyclic amines) is 1. The summed E-state index contributed by atoms with van der Waals surface area (Å²) < 4.78 is 0. The maximum Gasteiger partial charge on any atom is 0.240 e. The van der Waals surface area contributed by atoms with Gasteiger partial charge in [-0.3, -0.25) is 14.9 Å². The number of carbonyl (C=O) groups is 2. The van der Waals surface area contributed by atoms with E-state index >= 15 is 0 Å². The molecular weight excluding hydrogens is 182 g/mol. The molecule has 3 N–H and O–H groups in total. The molecule has 0 aromatic carbocycles. The summed E-state index contributed by atoms with van der Waals surface area (Å²) in [5.74, 6) is 1.79. The number of hydrogen-bond donors (Lipinski definition) is 2. The van der Waals surface area contributed by atoms with Crippen molar-refractivity contribution in [1.82, 2.24) is 10.2 Å². The first kappa shape index (κ1) is 10.5. The molecule has 1 atom stereocenters. The van der Waals surface area contributed by atoms with Crippen LogP contribution in [-0.4, -0.2) is 42.4 Å². The minimum absolute atomic E-state index is 0.129. The van der Waals surface area contributed by atoms with Gasteiger partial charge in [-0.05, 0) is 6.42 Å². The van der Waals surface area contributed by atoms with E-state index in [1.807, 2.05) is 0 Å². The molecule has 5 nitrogen and oxygen atoms in total. The van der Waals surface area contributed by atoms with Crippen molar-refractivity contribution in [1.29, 1.82) is 0 Å². The number of amides is 2. The predicted octanol–water partition coefficient (Wildman–Crippen LogP) is -1.70. The molecule has 1 unspecified atom stereocenters. The van der Waals surface area contributed by atoms with E-state index in [1.54, 1.807) is 0 Å². The molecule has 0 aliphatic carbocycles. The van der Waals surface area contributed by atoms with Crippen LogP contribution in [0.25, 0.3) is 0 Å². The van der Waals surface area contributed by atoms with E-state index in [0.717, 1.165) is 0 Å². The standard InChI is InChI=1S/C9H13N3O2/c1-2-4-11-6-8(13)12-5-3-7(12)9(10)14/h1,7,11H,3-6H2,(H2,10,14). The molecule has 1 rings (SSSR count). The molecule has 0 aromatic heterocycles. The highest BCUT2D eigenvalue weighted by molar-refractivity contribution is 5.89. The van der Waals surface area contributed by atoms with Crippen molar-refractivity contribution in [3.63, 3.8) is 0 Å². The van der Waals surface area contributed by atoms with Gasteiger partial charge in [0.25, 0.3) is 0 Å². The molecule has 1 heterocycles. The molecular formula is C9H13N3O2. The monoisotopic (exact) mass is 195 g/mol. The first-order chi connectivity index (χ1) is 6.66. The number of hydrogen-bond acceptors (Lipinski definition) is 3. The summed E-state index contributed by atoms with van der Waals surface area (Å²) in [6, 6.07) is -0.421. The highest BCUT2D eigenvalue weighted by Crippen LogP contribution is 2.16. The Bertz CT molecular complexity index is 282. The fourth-order valence-electron chi connectivity index (χ4n) is 1.32. The lowest BCUT2D eigenvalue weighted by atomic mass is 10.0. The fraction of sp³-hybridized carbons (Fsp3) is 0.556. The number of rotatable bonds is 4. The number of nitrogens with two attached hydrogens (primary N) is 1. The molecule has 0 radical (unpaired) electrons. The molecule has 1 aliphatic rings. The quantitative estimate of drug-likeness (QED) is 0.414. The second-order valence-corrected chi connectivity index (χ2v) is 3.10. The van der Waals surface area contributed by atoms with Gasteiger partial charge in [-0.25, -0.2) is 0 Å². The van der Waals surface area contributed by atoms with Gasteiger partial charge >= 0.3 is 0 Å². The lowest BCUT2D eigenvalue weighted by molar-refractivity contribution is -0.145. The maximum absolute atomic E-state index is 11.4. The van der Waals surface area contributed by atoms with Crippen molar-refractivity contribution in [3.05, 3.63) is 0 Å². The summed E-state index contributed by atoms with van der Waals surface area (Å²) in [6.45, 7) is 1.11. The molecule has 0 spiro atoms. The van der Waals surface area contributed by atoms with Gasteiger partial charge < -0.3 is 10.6 Å². The highest BCUT2D eigenvalue weighted by atomic mass is 16.2. The summed E-state index contributed by atoms with van der Waals surface area (Å²) >= 11 is 0. The number of primary amides is 1. The Balaban J connectivity index is 2.32. The van der Waals surface area contributed by atoms with Crippen molar-refractivity contribution in [2.24, 2.45) is 5.73 Å². The molecule has 0 saturated carbocycles. The predicted molar refractivity (Wildman–Crippen MR) is 51.0 cm³/mol. The van der Waals surface area contributed by atoms with E-state index in [9.17, 15) is 9.59 Å². The second-order valence-electron chi connectivity index (χ2n) is 3.10. The lowest BCUT2D eigenvalue weighted by Gasteiger charge is -2.38. The molecule has 1 saturated heterocycles. The van der Waals surface area contributed by atoms with Gasteiger partial charge in [-0.2, -0.15) is 0 Å². The van der Waals surface area contributed by atoms with Gasteiger partial charge in [0.1, 0.15) is 6.04 Å². The van der Waals surface area contributed by atoms with E-state index in [2.05, 4.69) is 11.2 Å². The number of nitrogens with one attached hydrogen (secondary N) is 1. The topological polar surface area (TPSA) is 75.4 Å². The molecule has 2 amide bonds. The maximum atomic E-state index is 11.4. The molecule has 5 heteroatoms. The summed E-state index contributed by atoms with van der Waals surface area (Å²) in [6.07, 6.45) is 5.66. The second kappa shape index (κ2) is 4.63. The third kappa shape index (κ3) is 2.24. The first-order valence-corrected chi connectivity index (χ1v) is 4.39. The van der Waals surface area contributed by atoms with Crippen LogP contribution in [0.4, 0.5) is 0 Å². The Morgan fingerprint density at radius 3 is 2.79 bits per heavy atom. The van der Waals surface area contributed by atoms with Crippen LogP contribution in [0.3, 0.4) is 0 Å². The van der Waals surface area contributed by atoms with Crippen LogP contribution in [0.2, 0.25) is 0 Å². The van der Waals surface area contributed by atoms with Gasteiger partial charge in [0.05, 0.1) is 13.1 Å². The van der Waals surface area contributed by atoms with Crippen molar-refractivity contribution in [2.75, 3.05) is 19.6 Å². The third-order valence-electron chi connectivity index (χ3n) is 2.17. The van der Waals surface area contributed by atoms with Crippen molar-refractivity contribution in [2.45, 2.75) is 12.5 Å². The van der Waals surface area contributed by atoms with Crippen LogP contribution in [0.15, 0.2) is 0 Å². The average Bonchev–Trinajstić information content (AvgIpc) is 2.01. The largest absolute Gasteiger partial charge is 0.368 e. The third-order valence-corrected chi connectivity index (χ3v) is 2.17. The smallest absolute Gasteiger partial charge is 0.240 e. The van der Waals surface area contributed by atoms with Gasteiger partial charge in [0.15, 0.2) is 0 Å². The van der Waals surface area contributed by atoms with Crippen LogP contribution in [0.1, 0.15) is 6.42 Å². The van der Waals surface area contributed by atoms with Crippen molar-refractivity contribution >= 4 is 11.8 Å². The Morgan fingerprint density at radius 1 is 1.64 bits per heavy atom. The lowest BCUT2D eigenvalue weighted by Crippen LogP contribution is -2.58. The van der Waals surface area contributed by atoms with Crippen LogP contribution in [-0.2, 0) is 9.59 Å². The molecule has 1 aliphatic heterocycles. The summed E-state index contributed by atoms with van der Waals surface area (Å²) in [4.78, 5) is 23.7. The van der Waals surface area contributed by atoms with Gasteiger partial charge in [0, 0.05) is 6.54 Å². The van der Waals surface area contributed by atoms with Gasteiger partial charge in [0.2, 0.25) is 11.8 Å². The summed E-state index contributed by atoms with van der Waals surface area (Å²) in [5, 5.41) is 2.76. The van der Waals surface area contributed by atoms with Crippen LogP contribution in [0.5, 0.6) is 0 Å². The van der Waals surface area contributed by atoms with Crippen LogP contribution in [0, 0.1) is 12.3 Å². The Hall–Kier alpha value is -1.54. The normalized spacial score (nSPS) is 19.6. The number of terminal acetylenes is 1. The molecule has 14 heavy (non-hydrogen) atoms. The zero-order chi connectivity index (χ0) is 10.6. The van der Waals surface area contributed by atoms with Gasteiger partial charge in [-0.1, -0.05) is 5.92 Å². The highest BCUT2D eigenvalue weighted by Gasteiger charge is 2.35.